The van der Waals surface area contributed by atoms with Gasteiger partial charge in [-0.1, -0.05) is 23.2 Å². The van der Waals surface area contributed by atoms with E-state index >= 15 is 0 Å². The third-order valence-electron chi connectivity index (χ3n) is 0.494. The highest BCUT2D eigenvalue weighted by molar-refractivity contribution is 7.45. The fourth-order valence-corrected chi connectivity index (χ4v) is 0.681. The summed E-state index contributed by atoms with van der Waals surface area (Å²) in [5.41, 5.74) is 0. The van der Waals surface area contributed by atoms with E-state index in [1.54, 1.807) is 0 Å². The van der Waals surface area contributed by atoms with Crippen molar-refractivity contribution in [1.82, 2.24) is 0 Å². The van der Waals surface area contributed by atoms with Crippen LogP contribution in [0.2, 0.25) is 0 Å². The average molecular weight is 206 g/mol. The first-order chi connectivity index (χ1) is 4.48. The number of hydrogen-bond acceptors (Lipinski definition) is 4. The molecule has 0 N–H and O–H groups in total. The van der Waals surface area contributed by atoms with Crippen LogP contribution < -0.4 is 4.89 Å². The van der Waals surface area contributed by atoms with Crippen molar-refractivity contribution in [3.63, 3.8) is 0 Å². The molecule has 7 heteroatoms. The predicted molar refractivity (Wildman–Crippen MR) is 35.5 cm³/mol. The summed E-state index contributed by atoms with van der Waals surface area (Å²) in [5, 5.41) is 0. The second kappa shape index (κ2) is 4.21. The van der Waals surface area contributed by atoms with Gasteiger partial charge in [-0.3, -0.25) is 4.57 Å². The quantitative estimate of drug-likeness (QED) is 0.517. The minimum Gasteiger partial charge on any atom is -0.746 e. The van der Waals surface area contributed by atoms with Crippen molar-refractivity contribution in [3.05, 3.63) is 10.8 Å². The Kier molecular flexibility index (Phi) is 4.32. The largest absolute Gasteiger partial charge is 0.746 e. The molecule has 0 aromatic heterocycles. The van der Waals surface area contributed by atoms with Crippen LogP contribution in [0.4, 0.5) is 0 Å². The molecule has 1 atom stereocenters. The molecule has 0 amide bonds. The Morgan fingerprint density at radius 3 is 2.50 bits per heavy atom. The lowest BCUT2D eigenvalue weighted by Crippen LogP contribution is -2.02. The lowest BCUT2D eigenvalue weighted by molar-refractivity contribution is -0.218. The van der Waals surface area contributed by atoms with E-state index in [4.69, 9.17) is 23.2 Å². The van der Waals surface area contributed by atoms with Gasteiger partial charge in [0.05, 0.1) is 0 Å². The van der Waals surface area contributed by atoms with Crippen molar-refractivity contribution in [2.24, 2.45) is 0 Å². The molecule has 0 aromatic carbocycles. The number of phosphoric ester groups is 1. The molecule has 0 heterocycles. The number of halogens is 2. The lowest BCUT2D eigenvalue weighted by Gasteiger charge is -2.17. The van der Waals surface area contributed by atoms with Crippen LogP contribution in [0.5, 0.6) is 0 Å². The Bertz CT molecular complexity index is 175. The summed E-state index contributed by atoms with van der Waals surface area (Å²) in [4.78, 5) is 10.3. The molecule has 60 valence electrons. The summed E-state index contributed by atoms with van der Waals surface area (Å²) in [5.74, 6) is 0. The van der Waals surface area contributed by atoms with Crippen LogP contribution in [0.3, 0.4) is 0 Å². The Morgan fingerprint density at radius 1 is 1.70 bits per heavy atom. The monoisotopic (exact) mass is 205 g/mol. The molecule has 10 heavy (non-hydrogen) atoms. The van der Waals surface area contributed by atoms with Gasteiger partial charge < -0.3 is 13.9 Å². The molecule has 1 unspecified atom stereocenters. The maximum absolute atomic E-state index is 10.3. The van der Waals surface area contributed by atoms with E-state index in [9.17, 15) is 9.46 Å². The van der Waals surface area contributed by atoms with Gasteiger partial charge in [0, 0.05) is 7.11 Å². The third-order valence-corrected chi connectivity index (χ3v) is 1.48. The van der Waals surface area contributed by atoms with Crippen LogP contribution >= 0.6 is 31.0 Å². The van der Waals surface area contributed by atoms with E-state index in [0.29, 0.717) is 6.26 Å². The summed E-state index contributed by atoms with van der Waals surface area (Å²) < 4.78 is 17.9. The van der Waals surface area contributed by atoms with E-state index in [2.05, 4.69) is 9.05 Å². The fraction of sp³-hybridized carbons (Fsp3) is 0.333. The van der Waals surface area contributed by atoms with Crippen molar-refractivity contribution < 1.29 is 18.5 Å². The topological polar surface area (TPSA) is 58.6 Å². The standard InChI is InChI=1S/C3H5Cl2O4P/c1-8-10(6,7)9-2-3(4)5/h2H,1H3,(H,6,7)/p-1. The van der Waals surface area contributed by atoms with Crippen LogP contribution in [0.15, 0.2) is 10.8 Å². The molecule has 0 aliphatic heterocycles. The zero-order valence-electron chi connectivity index (χ0n) is 4.91. The van der Waals surface area contributed by atoms with Gasteiger partial charge in [0.25, 0.3) is 0 Å². The first-order valence-corrected chi connectivity index (χ1v) is 4.26. The molecule has 0 spiro atoms. The Hall–Kier alpha value is 0.270. The van der Waals surface area contributed by atoms with Gasteiger partial charge in [0.1, 0.15) is 10.8 Å². The summed E-state index contributed by atoms with van der Waals surface area (Å²) in [6, 6.07) is 0. The Morgan fingerprint density at radius 2 is 2.20 bits per heavy atom. The third kappa shape index (κ3) is 5.09. The maximum atomic E-state index is 10.3. The average Bonchev–Trinajstić information content (AvgIpc) is 1.85. The summed E-state index contributed by atoms with van der Waals surface area (Å²) in [7, 11) is -3.26. The van der Waals surface area contributed by atoms with E-state index in [-0.39, 0.29) is 4.49 Å². The van der Waals surface area contributed by atoms with Gasteiger partial charge in [-0.05, 0) is 0 Å². The van der Waals surface area contributed by atoms with Gasteiger partial charge in [-0.25, -0.2) is 0 Å². The van der Waals surface area contributed by atoms with Crippen LogP contribution in [0.25, 0.3) is 0 Å². The molecule has 0 saturated heterocycles. The van der Waals surface area contributed by atoms with Gasteiger partial charge >= 0.3 is 7.82 Å². The van der Waals surface area contributed by atoms with E-state index < -0.39 is 7.82 Å². The van der Waals surface area contributed by atoms with Crippen molar-refractivity contribution in [1.29, 1.82) is 0 Å². The molecule has 0 rings (SSSR count). The van der Waals surface area contributed by atoms with Crippen molar-refractivity contribution in [2.45, 2.75) is 0 Å². The SMILES string of the molecule is COP(=O)([O-])OC=C(Cl)Cl. The van der Waals surface area contributed by atoms with Crippen LogP contribution in [-0.2, 0) is 13.6 Å². The molecule has 0 aliphatic rings. The molecular weight excluding hydrogens is 202 g/mol. The fourth-order valence-electron chi connectivity index (χ4n) is 0.147. The number of hydrogen-bond donors (Lipinski definition) is 0. The molecule has 0 bridgehead atoms. The number of rotatable bonds is 3. The highest BCUT2D eigenvalue weighted by atomic mass is 35.5. The summed E-state index contributed by atoms with van der Waals surface area (Å²) in [6.07, 6.45) is 0.653. The predicted octanol–water partition coefficient (Wildman–Crippen LogP) is 1.39. The minimum absolute atomic E-state index is 0.298. The van der Waals surface area contributed by atoms with E-state index in [1.165, 1.54) is 0 Å². The zero-order chi connectivity index (χ0) is 8.20. The van der Waals surface area contributed by atoms with Gasteiger partial charge in [0.2, 0.25) is 0 Å². The van der Waals surface area contributed by atoms with E-state index in [0.717, 1.165) is 7.11 Å². The van der Waals surface area contributed by atoms with E-state index in [1.807, 2.05) is 0 Å². The van der Waals surface area contributed by atoms with Gasteiger partial charge in [-0.2, -0.15) is 0 Å². The normalized spacial score (nSPS) is 15.6. The Labute approximate surface area is 68.0 Å². The number of phosphoric acid groups is 1. The molecule has 0 saturated carbocycles. The molecular formula is C3H4Cl2O4P-. The molecule has 0 fully saturated rings. The second-order valence-electron chi connectivity index (χ2n) is 1.14. The van der Waals surface area contributed by atoms with Crippen molar-refractivity contribution >= 4 is 31.0 Å². The maximum Gasteiger partial charge on any atom is 0.318 e. The summed E-state index contributed by atoms with van der Waals surface area (Å²) >= 11 is 10.1. The molecule has 0 aromatic rings. The van der Waals surface area contributed by atoms with Crippen LogP contribution in [-0.4, -0.2) is 7.11 Å². The zero-order valence-corrected chi connectivity index (χ0v) is 7.32. The Balaban J connectivity index is 3.92. The summed E-state index contributed by atoms with van der Waals surface area (Å²) in [6.45, 7) is 0. The minimum atomic E-state index is -4.22. The smallest absolute Gasteiger partial charge is 0.318 e. The van der Waals surface area contributed by atoms with Crippen molar-refractivity contribution in [2.75, 3.05) is 7.11 Å². The molecule has 0 radical (unpaired) electrons. The lowest BCUT2D eigenvalue weighted by atomic mass is 11.2. The second-order valence-corrected chi connectivity index (χ2v) is 3.62. The van der Waals surface area contributed by atoms with Crippen molar-refractivity contribution in [3.8, 4) is 0 Å². The molecule has 0 aliphatic carbocycles. The highest BCUT2D eigenvalue weighted by Gasteiger charge is 2.03. The first kappa shape index (κ1) is 10.3. The molecule has 4 nitrogen and oxygen atoms in total. The van der Waals surface area contributed by atoms with Gasteiger partial charge in [0.15, 0.2) is 0 Å². The van der Waals surface area contributed by atoms with Crippen LogP contribution in [0, 0.1) is 0 Å². The van der Waals surface area contributed by atoms with Gasteiger partial charge in [-0.15, -0.1) is 0 Å². The highest BCUT2D eigenvalue weighted by Crippen LogP contribution is 2.37. The van der Waals surface area contributed by atoms with Crippen LogP contribution in [0.1, 0.15) is 0 Å². The first-order valence-electron chi connectivity index (χ1n) is 2.04.